The molecule has 4 rings (SSSR count). The minimum Gasteiger partial charge on any atom is -0.507 e. The Labute approximate surface area is 170 Å². The van der Waals surface area contributed by atoms with E-state index in [0.29, 0.717) is 5.56 Å². The summed E-state index contributed by atoms with van der Waals surface area (Å²) in [4.78, 5) is 25.8. The van der Waals surface area contributed by atoms with E-state index in [-0.39, 0.29) is 33.8 Å². The summed E-state index contributed by atoms with van der Waals surface area (Å²) in [6, 6.07) is 5.11. The van der Waals surface area contributed by atoms with Crippen molar-refractivity contribution in [3.05, 3.63) is 52.1 Å². The summed E-state index contributed by atoms with van der Waals surface area (Å²) >= 11 is 0. The fourth-order valence-electron chi connectivity index (χ4n) is 3.79. The van der Waals surface area contributed by atoms with Crippen molar-refractivity contribution < 1.29 is 44.6 Å². The maximum atomic E-state index is 13.0. The number of rotatable bonds is 2. The maximum Gasteiger partial charge on any atom is 0.229 e. The van der Waals surface area contributed by atoms with E-state index in [1.165, 1.54) is 25.1 Å². The predicted octanol–water partition coefficient (Wildman–Crippen LogP) is 0.388. The molecule has 2 aliphatic rings. The first-order valence-corrected chi connectivity index (χ1v) is 9.26. The second kappa shape index (κ2) is 7.06. The van der Waals surface area contributed by atoms with Crippen molar-refractivity contribution in [1.82, 2.24) is 0 Å². The number of aryl methyl sites for hydroxylation is 1. The molecule has 1 unspecified atom stereocenters. The van der Waals surface area contributed by atoms with Crippen LogP contribution in [0.4, 0.5) is 0 Å². The maximum absolute atomic E-state index is 13.0. The van der Waals surface area contributed by atoms with Gasteiger partial charge in [-0.2, -0.15) is 0 Å². The third kappa shape index (κ3) is 3.03. The van der Waals surface area contributed by atoms with Gasteiger partial charge in [-0.25, -0.2) is 0 Å². The molecule has 1 fully saturated rings. The Kier molecular flexibility index (Phi) is 4.78. The number of carbonyl (C=O) groups excluding carboxylic acids is 2. The van der Waals surface area contributed by atoms with Crippen LogP contribution in [0.1, 0.15) is 44.3 Å². The van der Waals surface area contributed by atoms with E-state index in [0.717, 1.165) is 6.07 Å². The average molecular weight is 416 g/mol. The van der Waals surface area contributed by atoms with Gasteiger partial charge in [0.15, 0.2) is 5.78 Å². The Morgan fingerprint density at radius 1 is 0.833 bits per heavy atom. The Hall–Kier alpha value is -2.98. The summed E-state index contributed by atoms with van der Waals surface area (Å²) in [5, 5.41) is 50.4. The third-order valence-corrected chi connectivity index (χ3v) is 5.36. The lowest BCUT2D eigenvalue weighted by atomic mass is 9.82. The topological polar surface area (TPSA) is 154 Å². The number of aromatic hydroxyl groups is 2. The SMILES string of the molecule is Cc1cc(O)c2c(c1)C(=O)c1cc(OC3O[C@@H](C)[C@H](O)[C@H](O)[C@H]3O)cc(O)c1C2=O. The molecule has 0 spiro atoms. The van der Waals surface area contributed by atoms with E-state index in [1.54, 1.807) is 6.92 Å². The van der Waals surface area contributed by atoms with Crippen LogP contribution in [0.2, 0.25) is 0 Å². The van der Waals surface area contributed by atoms with Gasteiger partial charge in [0.05, 0.1) is 17.2 Å². The van der Waals surface area contributed by atoms with Crippen LogP contribution in [0, 0.1) is 6.92 Å². The van der Waals surface area contributed by atoms with Crippen LogP contribution < -0.4 is 4.74 Å². The van der Waals surface area contributed by atoms with Crippen LogP contribution in [0.15, 0.2) is 24.3 Å². The van der Waals surface area contributed by atoms with Gasteiger partial charge in [0.2, 0.25) is 12.1 Å². The number of hydrogen-bond acceptors (Lipinski definition) is 9. The van der Waals surface area contributed by atoms with Crippen molar-refractivity contribution >= 4 is 11.6 Å². The molecule has 2 aromatic carbocycles. The quantitative estimate of drug-likeness (QED) is 0.399. The predicted molar refractivity (Wildman–Crippen MR) is 101 cm³/mol. The molecule has 0 radical (unpaired) electrons. The first-order chi connectivity index (χ1) is 14.1. The van der Waals surface area contributed by atoms with E-state index < -0.39 is 48.0 Å². The summed E-state index contributed by atoms with van der Waals surface area (Å²) in [6.07, 6.45) is -6.66. The fraction of sp³-hybridized carbons (Fsp3) is 0.333. The van der Waals surface area contributed by atoms with E-state index in [1.807, 2.05) is 0 Å². The van der Waals surface area contributed by atoms with Gasteiger partial charge in [-0.3, -0.25) is 9.59 Å². The van der Waals surface area contributed by atoms with Crippen LogP contribution in [-0.2, 0) is 4.74 Å². The zero-order chi connectivity index (χ0) is 21.9. The van der Waals surface area contributed by atoms with E-state index >= 15 is 0 Å². The van der Waals surface area contributed by atoms with Crippen molar-refractivity contribution in [2.45, 2.75) is 44.6 Å². The normalized spacial score (nSPS) is 28.1. The molecule has 0 aromatic heterocycles. The van der Waals surface area contributed by atoms with Crippen LogP contribution in [0.25, 0.3) is 0 Å². The molecule has 1 aliphatic carbocycles. The Morgan fingerprint density at radius 2 is 1.43 bits per heavy atom. The molecular formula is C21H20O9. The van der Waals surface area contributed by atoms with Gasteiger partial charge in [-0.05, 0) is 37.6 Å². The summed E-state index contributed by atoms with van der Waals surface area (Å²) in [6.45, 7) is 3.14. The van der Waals surface area contributed by atoms with Crippen molar-refractivity contribution in [2.24, 2.45) is 0 Å². The molecule has 0 saturated carbocycles. The first kappa shape index (κ1) is 20.3. The Balaban J connectivity index is 1.73. The molecule has 9 heteroatoms. The smallest absolute Gasteiger partial charge is 0.229 e. The van der Waals surface area contributed by atoms with Crippen molar-refractivity contribution in [2.75, 3.05) is 0 Å². The zero-order valence-electron chi connectivity index (χ0n) is 16.1. The van der Waals surface area contributed by atoms with Gasteiger partial charge in [-0.1, -0.05) is 0 Å². The number of aliphatic hydroxyl groups is 3. The highest BCUT2D eigenvalue weighted by Gasteiger charge is 2.43. The van der Waals surface area contributed by atoms with Crippen LogP contribution in [0.3, 0.4) is 0 Å². The highest BCUT2D eigenvalue weighted by molar-refractivity contribution is 6.30. The van der Waals surface area contributed by atoms with Gasteiger partial charge >= 0.3 is 0 Å². The van der Waals surface area contributed by atoms with Gasteiger partial charge < -0.3 is 35.0 Å². The van der Waals surface area contributed by atoms with Crippen LogP contribution in [0.5, 0.6) is 17.2 Å². The summed E-state index contributed by atoms with van der Waals surface area (Å²) < 4.78 is 10.9. The molecule has 1 aliphatic heterocycles. The number of hydrogen-bond donors (Lipinski definition) is 5. The number of phenols is 2. The van der Waals surface area contributed by atoms with Crippen LogP contribution >= 0.6 is 0 Å². The lowest BCUT2D eigenvalue weighted by Crippen LogP contribution is -2.58. The molecule has 0 amide bonds. The second-order valence-corrected chi connectivity index (χ2v) is 7.53. The van der Waals surface area contributed by atoms with Crippen molar-refractivity contribution in [3.8, 4) is 17.2 Å². The summed E-state index contributed by atoms with van der Waals surface area (Å²) in [5.41, 5.74) is -0.00573. The van der Waals surface area contributed by atoms with Gasteiger partial charge in [0.1, 0.15) is 35.6 Å². The number of phenolic OH excluding ortho intramolecular Hbond substituents is 2. The Morgan fingerprint density at radius 3 is 2.10 bits per heavy atom. The summed E-state index contributed by atoms with van der Waals surface area (Å²) in [5.74, 6) is -2.29. The fourth-order valence-corrected chi connectivity index (χ4v) is 3.79. The van der Waals surface area contributed by atoms with Crippen molar-refractivity contribution in [3.63, 3.8) is 0 Å². The molecule has 5 N–H and O–H groups in total. The lowest BCUT2D eigenvalue weighted by Gasteiger charge is -2.39. The number of fused-ring (bicyclic) bond motifs is 2. The first-order valence-electron chi connectivity index (χ1n) is 9.26. The molecule has 5 atom stereocenters. The molecule has 30 heavy (non-hydrogen) atoms. The molecule has 9 nitrogen and oxygen atoms in total. The van der Waals surface area contributed by atoms with Crippen molar-refractivity contribution in [1.29, 1.82) is 0 Å². The molecule has 1 saturated heterocycles. The molecular weight excluding hydrogens is 396 g/mol. The highest BCUT2D eigenvalue weighted by atomic mass is 16.7. The number of ketones is 2. The van der Waals surface area contributed by atoms with E-state index in [9.17, 15) is 35.1 Å². The number of carbonyl (C=O) groups is 2. The van der Waals surface area contributed by atoms with Gasteiger partial charge in [0.25, 0.3) is 0 Å². The standard InChI is InChI=1S/C21H20O9/c1-7-3-10-14(12(22)4-7)18(26)15-11(17(10)25)5-9(6-13(15)23)30-21-20(28)19(27)16(24)8(2)29-21/h3-6,8,16,19-24,27-28H,1-2H3/t8-,16-,19-,20+,21?/m0/s1. The number of benzene rings is 2. The average Bonchev–Trinajstić information content (AvgIpc) is 2.67. The zero-order valence-corrected chi connectivity index (χ0v) is 16.1. The highest BCUT2D eigenvalue weighted by Crippen LogP contribution is 2.40. The van der Waals surface area contributed by atoms with E-state index in [2.05, 4.69) is 0 Å². The van der Waals surface area contributed by atoms with E-state index in [4.69, 9.17) is 9.47 Å². The van der Waals surface area contributed by atoms with Gasteiger partial charge in [-0.15, -0.1) is 0 Å². The monoisotopic (exact) mass is 416 g/mol. The third-order valence-electron chi connectivity index (χ3n) is 5.36. The lowest BCUT2D eigenvalue weighted by molar-refractivity contribution is -0.268. The number of ether oxygens (including phenoxy) is 2. The largest absolute Gasteiger partial charge is 0.507 e. The molecule has 158 valence electrons. The second-order valence-electron chi connectivity index (χ2n) is 7.53. The molecule has 2 aromatic rings. The minimum atomic E-state index is -1.59. The molecule has 1 heterocycles. The molecule has 0 bridgehead atoms. The van der Waals surface area contributed by atoms with Crippen LogP contribution in [-0.4, -0.2) is 67.8 Å². The Bertz CT molecular complexity index is 1060. The van der Waals surface area contributed by atoms with Gasteiger partial charge in [0, 0.05) is 17.2 Å². The minimum absolute atomic E-state index is 0.00247. The summed E-state index contributed by atoms with van der Waals surface area (Å²) in [7, 11) is 0. The number of aliphatic hydroxyl groups excluding tert-OH is 3.